The van der Waals surface area contributed by atoms with Crippen LogP contribution in [0, 0.1) is 0 Å². The van der Waals surface area contributed by atoms with Gasteiger partial charge in [0.05, 0.1) is 13.1 Å². The molecule has 104 valence electrons. The lowest BCUT2D eigenvalue weighted by Crippen LogP contribution is -2.55. The Morgan fingerprint density at radius 2 is 2.11 bits per heavy atom. The highest BCUT2D eigenvalue weighted by Crippen LogP contribution is 2.34. The predicted molar refractivity (Wildman–Crippen MR) is 81.8 cm³/mol. The van der Waals surface area contributed by atoms with Gasteiger partial charge in [0.15, 0.2) is 5.84 Å². The van der Waals surface area contributed by atoms with Crippen LogP contribution in [-0.2, 0) is 0 Å². The van der Waals surface area contributed by atoms with E-state index in [1.165, 1.54) is 11.3 Å². The maximum Gasteiger partial charge on any atom is 0.254 e. The number of halogens is 2. The van der Waals surface area contributed by atoms with E-state index in [0.717, 1.165) is 20.4 Å². The topological polar surface area (TPSA) is 87.7 Å². The number of carbonyl (C=O) groups excluding carboxylic acids is 1. The van der Waals surface area contributed by atoms with Gasteiger partial charge in [-0.3, -0.25) is 4.79 Å². The first-order valence-corrected chi connectivity index (χ1v) is 8.14. The molecule has 1 fully saturated rings. The first-order valence-electron chi connectivity index (χ1n) is 5.74. The molecular weight excluding hydrogens is 398 g/mol. The number of hydrogen-bond donors (Lipinski definition) is 3. The number of oxime groups is 1. The number of nitrogens with zero attached hydrogens (tertiary/aromatic N) is 1. The average Bonchev–Trinajstić information content (AvgIpc) is 2.96. The summed E-state index contributed by atoms with van der Waals surface area (Å²) in [6.45, 7) is 0. The third kappa shape index (κ3) is 2.95. The second-order valence-electron chi connectivity index (χ2n) is 4.47. The van der Waals surface area contributed by atoms with Crippen LogP contribution in [0.2, 0.25) is 0 Å². The molecule has 1 amide bonds. The van der Waals surface area contributed by atoms with Crippen molar-refractivity contribution in [1.82, 2.24) is 5.32 Å². The Bertz CT molecular complexity index is 524. The zero-order valence-electron chi connectivity index (χ0n) is 9.95. The van der Waals surface area contributed by atoms with Gasteiger partial charge < -0.3 is 16.3 Å². The summed E-state index contributed by atoms with van der Waals surface area (Å²) in [4.78, 5) is 12.3. The minimum Gasteiger partial charge on any atom is -0.409 e. The fraction of sp³-hybridized carbons (Fsp3) is 0.455. The first-order chi connectivity index (χ1) is 8.98. The van der Waals surface area contributed by atoms with Gasteiger partial charge in [0.1, 0.15) is 5.54 Å². The second kappa shape index (κ2) is 5.80. The highest BCUT2D eigenvalue weighted by Gasteiger charge is 2.40. The molecule has 1 saturated carbocycles. The minimum absolute atomic E-state index is 0.0729. The van der Waals surface area contributed by atoms with Crippen LogP contribution in [0.5, 0.6) is 0 Å². The Morgan fingerprint density at radius 1 is 1.47 bits per heavy atom. The molecule has 0 spiro atoms. The minimum atomic E-state index is -0.723. The molecule has 1 heterocycles. The molecule has 5 nitrogen and oxygen atoms in total. The lowest BCUT2D eigenvalue weighted by Gasteiger charge is -2.28. The maximum absolute atomic E-state index is 12.3. The number of amides is 1. The summed E-state index contributed by atoms with van der Waals surface area (Å²) in [5.74, 6) is -0.147. The van der Waals surface area contributed by atoms with Crippen molar-refractivity contribution in [1.29, 1.82) is 0 Å². The van der Waals surface area contributed by atoms with Gasteiger partial charge in [0.2, 0.25) is 0 Å². The van der Waals surface area contributed by atoms with E-state index >= 15 is 0 Å². The van der Waals surface area contributed by atoms with Crippen LogP contribution < -0.4 is 11.1 Å². The lowest BCUT2D eigenvalue weighted by atomic mass is 9.95. The van der Waals surface area contributed by atoms with Gasteiger partial charge in [-0.15, -0.1) is 11.3 Å². The average molecular weight is 411 g/mol. The zero-order chi connectivity index (χ0) is 14.0. The summed E-state index contributed by atoms with van der Waals surface area (Å²) in [7, 11) is 0. The SMILES string of the molecule is N/C(=N/O)C1(NC(=O)c2cc(Br)sc2Br)CCCC1. The quantitative estimate of drug-likeness (QED) is 0.309. The van der Waals surface area contributed by atoms with Crippen LogP contribution in [0.15, 0.2) is 18.8 Å². The van der Waals surface area contributed by atoms with Crippen molar-refractivity contribution in [2.75, 3.05) is 0 Å². The van der Waals surface area contributed by atoms with Crippen molar-refractivity contribution >= 4 is 54.9 Å². The van der Waals surface area contributed by atoms with Crippen molar-refractivity contribution in [3.8, 4) is 0 Å². The van der Waals surface area contributed by atoms with Gasteiger partial charge in [-0.1, -0.05) is 18.0 Å². The molecular formula is C11H13Br2N3O2S. The van der Waals surface area contributed by atoms with E-state index in [2.05, 4.69) is 42.3 Å². The number of hydrogen-bond acceptors (Lipinski definition) is 4. The molecule has 4 N–H and O–H groups in total. The second-order valence-corrected chi connectivity index (χ2v) is 8.22. The van der Waals surface area contributed by atoms with E-state index in [-0.39, 0.29) is 11.7 Å². The summed E-state index contributed by atoms with van der Waals surface area (Å²) in [6.07, 6.45) is 3.28. The molecule has 0 unspecified atom stereocenters. The van der Waals surface area contributed by atoms with Crippen LogP contribution >= 0.6 is 43.2 Å². The maximum atomic E-state index is 12.3. The van der Waals surface area contributed by atoms with E-state index in [4.69, 9.17) is 10.9 Å². The van der Waals surface area contributed by atoms with E-state index in [0.29, 0.717) is 18.4 Å². The van der Waals surface area contributed by atoms with Gasteiger partial charge >= 0.3 is 0 Å². The smallest absolute Gasteiger partial charge is 0.254 e. The largest absolute Gasteiger partial charge is 0.409 e. The number of thiophene rings is 1. The molecule has 19 heavy (non-hydrogen) atoms. The molecule has 0 atom stereocenters. The summed E-state index contributed by atoms with van der Waals surface area (Å²) in [5, 5.41) is 14.9. The third-order valence-corrected chi connectivity index (χ3v) is 5.65. The normalized spacial score (nSPS) is 18.5. The Morgan fingerprint density at radius 3 is 2.58 bits per heavy atom. The molecule has 1 aliphatic rings. The van der Waals surface area contributed by atoms with Gasteiger partial charge in [0, 0.05) is 0 Å². The Kier molecular flexibility index (Phi) is 4.52. The van der Waals surface area contributed by atoms with Gasteiger partial charge in [-0.25, -0.2) is 0 Å². The van der Waals surface area contributed by atoms with Gasteiger partial charge in [0.25, 0.3) is 5.91 Å². The molecule has 0 radical (unpaired) electrons. The molecule has 1 aromatic rings. The van der Waals surface area contributed by atoms with E-state index in [1.807, 2.05) is 0 Å². The summed E-state index contributed by atoms with van der Waals surface area (Å²) in [5.41, 5.74) is 5.58. The Labute approximate surface area is 131 Å². The summed E-state index contributed by atoms with van der Waals surface area (Å²) < 4.78 is 1.62. The van der Waals surface area contributed by atoms with Crippen LogP contribution in [-0.4, -0.2) is 22.5 Å². The number of rotatable bonds is 3. The van der Waals surface area contributed by atoms with Crippen molar-refractivity contribution in [2.45, 2.75) is 31.2 Å². The predicted octanol–water partition coefficient (Wildman–Crippen LogP) is 3.06. The van der Waals surface area contributed by atoms with E-state index < -0.39 is 5.54 Å². The number of nitrogens with one attached hydrogen (secondary N) is 1. The number of amidine groups is 1. The fourth-order valence-electron chi connectivity index (χ4n) is 2.30. The molecule has 0 saturated heterocycles. The van der Waals surface area contributed by atoms with E-state index in [9.17, 15) is 4.79 Å². The van der Waals surface area contributed by atoms with Crippen molar-refractivity contribution in [2.24, 2.45) is 10.9 Å². The first kappa shape index (κ1) is 14.8. The summed E-state index contributed by atoms with van der Waals surface area (Å²) >= 11 is 8.13. The molecule has 1 aliphatic carbocycles. The van der Waals surface area contributed by atoms with Crippen LogP contribution in [0.1, 0.15) is 36.0 Å². The van der Waals surface area contributed by atoms with Crippen molar-refractivity contribution in [3.63, 3.8) is 0 Å². The lowest BCUT2D eigenvalue weighted by molar-refractivity contribution is 0.0922. The third-order valence-electron chi connectivity index (χ3n) is 3.31. The Hall–Kier alpha value is -0.600. The van der Waals surface area contributed by atoms with Crippen molar-refractivity contribution < 1.29 is 10.0 Å². The van der Waals surface area contributed by atoms with Crippen LogP contribution in [0.4, 0.5) is 0 Å². The van der Waals surface area contributed by atoms with Gasteiger partial charge in [-0.2, -0.15) is 0 Å². The van der Waals surface area contributed by atoms with E-state index in [1.54, 1.807) is 6.07 Å². The molecule has 0 bridgehead atoms. The number of nitrogens with two attached hydrogens (primary N) is 1. The number of carbonyl (C=O) groups is 1. The molecule has 0 aromatic carbocycles. The Balaban J connectivity index is 2.23. The standard InChI is InChI=1S/C11H13Br2N3O2S/c12-7-5-6(8(13)19-7)9(17)15-11(10(14)16-18)3-1-2-4-11/h5,18H,1-4H2,(H2,14,16)(H,15,17). The van der Waals surface area contributed by atoms with Crippen LogP contribution in [0.3, 0.4) is 0 Å². The van der Waals surface area contributed by atoms with Crippen molar-refractivity contribution in [3.05, 3.63) is 19.2 Å². The van der Waals surface area contributed by atoms with Crippen LogP contribution in [0.25, 0.3) is 0 Å². The molecule has 1 aromatic heterocycles. The van der Waals surface area contributed by atoms with Gasteiger partial charge in [-0.05, 0) is 50.8 Å². The zero-order valence-corrected chi connectivity index (χ0v) is 13.9. The molecule has 2 rings (SSSR count). The molecule has 8 heteroatoms. The highest BCUT2D eigenvalue weighted by molar-refractivity contribution is 9.12. The fourth-order valence-corrected chi connectivity index (χ4v) is 5.09. The molecule has 0 aliphatic heterocycles. The highest BCUT2D eigenvalue weighted by atomic mass is 79.9. The monoisotopic (exact) mass is 409 g/mol. The summed E-state index contributed by atoms with van der Waals surface area (Å²) in [6, 6.07) is 1.75.